The lowest BCUT2D eigenvalue weighted by Crippen LogP contribution is -2.18. The van der Waals surface area contributed by atoms with Gasteiger partial charge in [0.1, 0.15) is 10.9 Å². The van der Waals surface area contributed by atoms with Gasteiger partial charge in [-0.1, -0.05) is 45.0 Å². The van der Waals surface area contributed by atoms with Crippen molar-refractivity contribution in [2.75, 3.05) is 6.26 Å². The third-order valence-electron chi connectivity index (χ3n) is 3.39. The molecule has 1 aliphatic carbocycles. The molecule has 4 heteroatoms. The maximum atomic E-state index is 12.5. The molecule has 0 saturated heterocycles. The molecule has 1 aliphatic rings. The van der Waals surface area contributed by atoms with Crippen molar-refractivity contribution in [1.82, 2.24) is 9.97 Å². The number of nitrogens with zero attached hydrogens (tertiary/aromatic N) is 2. The molecule has 102 valence electrons. The average Bonchev–Trinajstić information content (AvgIpc) is 2.71. The van der Waals surface area contributed by atoms with Gasteiger partial charge in [-0.2, -0.15) is 0 Å². The molecule has 1 aromatic carbocycles. The Morgan fingerprint density at radius 1 is 1.05 bits per heavy atom. The van der Waals surface area contributed by atoms with E-state index >= 15 is 0 Å². The minimum Gasteiger partial charge on any atom is -0.288 e. The second kappa shape index (κ2) is 4.42. The Kier molecular flexibility index (Phi) is 2.94. The van der Waals surface area contributed by atoms with Gasteiger partial charge in [0.15, 0.2) is 5.78 Å². The summed E-state index contributed by atoms with van der Waals surface area (Å²) in [6.07, 6.45) is 1.95. The fraction of sp³-hybridized carbons (Fsp3) is 0.312. The SMILES string of the molecule is CSc1nc(C(C)(C)C)nc2c1C(=O)c1ccccc1-2. The van der Waals surface area contributed by atoms with Gasteiger partial charge in [0, 0.05) is 16.5 Å². The fourth-order valence-electron chi connectivity index (χ4n) is 2.35. The molecule has 3 rings (SSSR count). The van der Waals surface area contributed by atoms with Gasteiger partial charge < -0.3 is 0 Å². The Morgan fingerprint density at radius 2 is 1.70 bits per heavy atom. The van der Waals surface area contributed by atoms with E-state index in [1.807, 2.05) is 30.5 Å². The van der Waals surface area contributed by atoms with Crippen molar-refractivity contribution in [3.63, 3.8) is 0 Å². The summed E-state index contributed by atoms with van der Waals surface area (Å²) in [5.74, 6) is 0.825. The molecule has 1 aromatic heterocycles. The normalized spacial score (nSPS) is 13.3. The number of rotatable bonds is 1. The molecule has 0 atom stereocenters. The van der Waals surface area contributed by atoms with Crippen LogP contribution in [0.15, 0.2) is 29.3 Å². The Morgan fingerprint density at radius 3 is 2.30 bits per heavy atom. The highest BCUT2D eigenvalue weighted by atomic mass is 32.2. The van der Waals surface area contributed by atoms with Crippen molar-refractivity contribution >= 4 is 17.5 Å². The lowest BCUT2D eigenvalue weighted by molar-refractivity contribution is 0.104. The fourth-order valence-corrected chi connectivity index (χ4v) is 2.92. The smallest absolute Gasteiger partial charge is 0.198 e. The third kappa shape index (κ3) is 1.86. The second-order valence-corrected chi connectivity index (χ2v) is 6.70. The number of carbonyl (C=O) groups excluding carboxylic acids is 1. The lowest BCUT2D eigenvalue weighted by Gasteiger charge is -2.18. The first-order valence-electron chi connectivity index (χ1n) is 6.54. The van der Waals surface area contributed by atoms with Crippen LogP contribution in [0.1, 0.15) is 42.5 Å². The molecule has 0 fully saturated rings. The van der Waals surface area contributed by atoms with Crippen LogP contribution in [-0.2, 0) is 5.41 Å². The molecule has 0 unspecified atom stereocenters. The van der Waals surface area contributed by atoms with E-state index in [9.17, 15) is 4.79 Å². The number of hydrogen-bond donors (Lipinski definition) is 0. The first kappa shape index (κ1) is 13.3. The number of hydrogen-bond acceptors (Lipinski definition) is 4. The van der Waals surface area contributed by atoms with Gasteiger partial charge in [0.25, 0.3) is 0 Å². The number of thioether (sulfide) groups is 1. The summed E-state index contributed by atoms with van der Waals surface area (Å²) in [5.41, 5.74) is 2.97. The van der Waals surface area contributed by atoms with Crippen LogP contribution >= 0.6 is 11.8 Å². The van der Waals surface area contributed by atoms with E-state index in [2.05, 4.69) is 30.7 Å². The molecular weight excluding hydrogens is 268 g/mol. The van der Waals surface area contributed by atoms with Crippen LogP contribution < -0.4 is 0 Å². The van der Waals surface area contributed by atoms with Crippen LogP contribution in [0.25, 0.3) is 11.3 Å². The highest BCUT2D eigenvalue weighted by molar-refractivity contribution is 7.98. The quantitative estimate of drug-likeness (QED) is 0.504. The average molecular weight is 284 g/mol. The Bertz CT molecular complexity index is 717. The van der Waals surface area contributed by atoms with Crippen molar-refractivity contribution in [1.29, 1.82) is 0 Å². The molecule has 20 heavy (non-hydrogen) atoms. The van der Waals surface area contributed by atoms with Crippen LogP contribution in [0, 0.1) is 0 Å². The van der Waals surface area contributed by atoms with Gasteiger partial charge in [-0.25, -0.2) is 9.97 Å². The van der Waals surface area contributed by atoms with E-state index in [1.165, 1.54) is 11.8 Å². The van der Waals surface area contributed by atoms with Crippen LogP contribution in [0.5, 0.6) is 0 Å². The standard InChI is InChI=1S/C16H16N2OS/c1-16(2,3)15-17-12-9-7-5-6-8-10(9)13(19)11(12)14(18-15)20-4/h5-8H,1-4H3. The van der Waals surface area contributed by atoms with E-state index < -0.39 is 0 Å². The number of carbonyl (C=O) groups is 1. The maximum absolute atomic E-state index is 12.5. The summed E-state index contributed by atoms with van der Waals surface area (Å²) in [6.45, 7) is 6.25. The number of aromatic nitrogens is 2. The van der Waals surface area contributed by atoms with E-state index in [0.717, 1.165) is 27.7 Å². The Hall–Kier alpha value is -1.68. The third-order valence-corrected chi connectivity index (χ3v) is 4.08. The highest BCUT2D eigenvalue weighted by Gasteiger charge is 2.33. The van der Waals surface area contributed by atoms with Crippen LogP contribution in [0.2, 0.25) is 0 Å². The summed E-state index contributed by atoms with van der Waals surface area (Å²) in [6, 6.07) is 7.65. The van der Waals surface area contributed by atoms with E-state index in [-0.39, 0.29) is 11.2 Å². The Labute approximate surface area is 122 Å². The number of benzene rings is 1. The summed E-state index contributed by atoms with van der Waals surface area (Å²) < 4.78 is 0. The Balaban J connectivity index is 2.34. The van der Waals surface area contributed by atoms with Crippen LogP contribution in [0.4, 0.5) is 0 Å². The summed E-state index contributed by atoms with van der Waals surface area (Å²) in [4.78, 5) is 21.8. The second-order valence-electron chi connectivity index (χ2n) is 5.90. The van der Waals surface area contributed by atoms with Gasteiger partial charge in [-0.3, -0.25) is 4.79 Å². The zero-order chi connectivity index (χ0) is 14.5. The molecule has 0 amide bonds. The molecule has 0 aliphatic heterocycles. The first-order valence-corrected chi connectivity index (χ1v) is 7.76. The highest BCUT2D eigenvalue weighted by Crippen LogP contribution is 2.39. The minimum absolute atomic E-state index is 0.0420. The zero-order valence-electron chi connectivity index (χ0n) is 12.0. The topological polar surface area (TPSA) is 42.9 Å². The molecular formula is C16H16N2OS. The molecule has 0 saturated carbocycles. The molecule has 0 radical (unpaired) electrons. The van der Waals surface area contributed by atoms with E-state index in [0.29, 0.717) is 5.56 Å². The van der Waals surface area contributed by atoms with Gasteiger partial charge in [0.05, 0.1) is 11.3 Å². The van der Waals surface area contributed by atoms with Crippen molar-refractivity contribution in [3.05, 3.63) is 41.2 Å². The molecule has 0 spiro atoms. The number of ketones is 1. The van der Waals surface area contributed by atoms with Crippen molar-refractivity contribution < 1.29 is 4.79 Å². The molecule has 1 heterocycles. The van der Waals surface area contributed by atoms with Gasteiger partial charge >= 0.3 is 0 Å². The van der Waals surface area contributed by atoms with Gasteiger partial charge in [-0.05, 0) is 6.26 Å². The van der Waals surface area contributed by atoms with Gasteiger partial charge in [0.2, 0.25) is 0 Å². The summed E-state index contributed by atoms with van der Waals surface area (Å²) in [7, 11) is 0. The van der Waals surface area contributed by atoms with Gasteiger partial charge in [-0.15, -0.1) is 11.8 Å². The number of fused-ring (bicyclic) bond motifs is 3. The molecule has 2 aromatic rings. The van der Waals surface area contributed by atoms with Crippen molar-refractivity contribution in [2.24, 2.45) is 0 Å². The van der Waals surface area contributed by atoms with Crippen LogP contribution in [-0.4, -0.2) is 22.0 Å². The van der Waals surface area contributed by atoms with E-state index in [1.54, 1.807) is 0 Å². The van der Waals surface area contributed by atoms with Crippen molar-refractivity contribution in [2.45, 2.75) is 31.2 Å². The maximum Gasteiger partial charge on any atom is 0.198 e. The lowest BCUT2D eigenvalue weighted by atomic mass is 9.95. The molecule has 0 bridgehead atoms. The monoisotopic (exact) mass is 284 g/mol. The van der Waals surface area contributed by atoms with Crippen LogP contribution in [0.3, 0.4) is 0 Å². The largest absolute Gasteiger partial charge is 0.288 e. The molecule has 0 N–H and O–H groups in total. The molecule has 3 nitrogen and oxygen atoms in total. The summed E-state index contributed by atoms with van der Waals surface area (Å²) in [5, 5.41) is 0.779. The summed E-state index contributed by atoms with van der Waals surface area (Å²) >= 11 is 1.51. The first-order chi connectivity index (χ1) is 9.43. The predicted molar refractivity (Wildman–Crippen MR) is 81.4 cm³/mol. The van der Waals surface area contributed by atoms with Crippen molar-refractivity contribution in [3.8, 4) is 11.3 Å². The van der Waals surface area contributed by atoms with E-state index in [4.69, 9.17) is 0 Å². The minimum atomic E-state index is -0.139. The predicted octanol–water partition coefficient (Wildman–Crippen LogP) is 3.71. The zero-order valence-corrected chi connectivity index (χ0v) is 12.8.